The molecule has 0 atom stereocenters. The number of ether oxygens (including phenoxy) is 1. The molecule has 2 aromatic rings. The Bertz CT molecular complexity index is 1070. The molecular weight excluding hydrogens is 408 g/mol. The van der Waals surface area contributed by atoms with Crippen molar-refractivity contribution < 1.29 is 14.3 Å². The maximum atomic E-state index is 12.2. The molecule has 1 aromatic heterocycles. The highest BCUT2D eigenvalue weighted by atomic mass is 16.5. The molecule has 1 aliphatic rings. The molecule has 9 nitrogen and oxygen atoms in total. The molecule has 1 heterocycles. The van der Waals surface area contributed by atoms with Crippen LogP contribution >= 0.6 is 0 Å². The number of carbonyl (C=O) groups excluding carboxylic acids is 2. The summed E-state index contributed by atoms with van der Waals surface area (Å²) in [4.78, 5) is 28.6. The van der Waals surface area contributed by atoms with Gasteiger partial charge in [-0.3, -0.25) is 14.6 Å². The van der Waals surface area contributed by atoms with Crippen molar-refractivity contribution in [3.63, 3.8) is 0 Å². The number of hydrogen-bond acceptors (Lipinski definition) is 7. The summed E-state index contributed by atoms with van der Waals surface area (Å²) in [5.41, 5.74) is 15.3. The largest absolute Gasteiger partial charge is 0.494 e. The fourth-order valence-electron chi connectivity index (χ4n) is 3.07. The summed E-state index contributed by atoms with van der Waals surface area (Å²) in [5.74, 6) is -0.0482. The number of allylic oxidation sites excluding steroid dienone is 1. The molecule has 7 N–H and O–H groups in total. The second-order valence-corrected chi connectivity index (χ2v) is 7.47. The minimum atomic E-state index is -0.497. The Balaban J connectivity index is 1.98. The van der Waals surface area contributed by atoms with Crippen LogP contribution in [0, 0.1) is 12.8 Å². The number of carbonyl (C=O) groups is 2. The van der Waals surface area contributed by atoms with Crippen LogP contribution in [0.2, 0.25) is 0 Å². The van der Waals surface area contributed by atoms with Gasteiger partial charge in [-0.05, 0) is 31.9 Å². The number of aryl methyl sites for hydroxylation is 1. The zero-order chi connectivity index (χ0) is 23.3. The summed E-state index contributed by atoms with van der Waals surface area (Å²) in [6.45, 7) is 1.91. The smallest absolute Gasteiger partial charge is 0.269 e. The molecule has 32 heavy (non-hydrogen) atoms. The van der Waals surface area contributed by atoms with Crippen LogP contribution in [0.4, 0.5) is 5.69 Å². The zero-order valence-electron chi connectivity index (χ0n) is 18.4. The van der Waals surface area contributed by atoms with Crippen molar-refractivity contribution in [1.82, 2.24) is 15.6 Å². The molecule has 0 unspecified atom stereocenters. The fourth-order valence-corrected chi connectivity index (χ4v) is 3.07. The van der Waals surface area contributed by atoms with Gasteiger partial charge >= 0.3 is 0 Å². The van der Waals surface area contributed by atoms with Gasteiger partial charge in [0, 0.05) is 42.1 Å². The Morgan fingerprint density at radius 3 is 2.53 bits per heavy atom. The quantitative estimate of drug-likeness (QED) is 0.313. The van der Waals surface area contributed by atoms with Gasteiger partial charge in [0.15, 0.2) is 0 Å². The van der Waals surface area contributed by atoms with Gasteiger partial charge in [-0.1, -0.05) is 18.2 Å². The lowest BCUT2D eigenvalue weighted by Gasteiger charge is -2.17. The lowest BCUT2D eigenvalue weighted by Crippen LogP contribution is -2.31. The molecule has 1 aromatic carbocycles. The first-order valence-corrected chi connectivity index (χ1v) is 10.2. The Kier molecular flexibility index (Phi) is 6.99. The van der Waals surface area contributed by atoms with E-state index in [1.165, 1.54) is 13.1 Å². The summed E-state index contributed by atoms with van der Waals surface area (Å²) in [5, 5.41) is 8.25. The van der Waals surface area contributed by atoms with Crippen molar-refractivity contribution in [2.45, 2.75) is 19.8 Å². The number of nitrogens with zero attached hydrogens (tertiary/aromatic N) is 1. The zero-order valence-corrected chi connectivity index (χ0v) is 18.4. The number of methoxy groups -OCH3 is 1. The average molecular weight is 437 g/mol. The number of anilines is 1. The van der Waals surface area contributed by atoms with Crippen LogP contribution in [0.15, 0.2) is 59.8 Å². The Morgan fingerprint density at radius 2 is 1.94 bits per heavy atom. The van der Waals surface area contributed by atoms with Gasteiger partial charge in [0.05, 0.1) is 18.5 Å². The highest BCUT2D eigenvalue weighted by Crippen LogP contribution is 2.37. The van der Waals surface area contributed by atoms with E-state index in [0.717, 1.165) is 29.7 Å². The van der Waals surface area contributed by atoms with Gasteiger partial charge in [-0.15, -0.1) is 0 Å². The summed E-state index contributed by atoms with van der Waals surface area (Å²) < 4.78 is 5.66. The van der Waals surface area contributed by atoms with E-state index in [-0.39, 0.29) is 29.0 Å². The van der Waals surface area contributed by atoms with E-state index in [1.54, 1.807) is 19.4 Å². The second kappa shape index (κ2) is 9.86. The van der Waals surface area contributed by atoms with Crippen LogP contribution < -0.4 is 32.2 Å². The monoisotopic (exact) mass is 436 g/mol. The lowest BCUT2D eigenvalue weighted by atomic mass is 10.0. The second-order valence-electron chi connectivity index (χ2n) is 7.47. The Hall–Kier alpha value is -4.01. The van der Waals surface area contributed by atoms with Gasteiger partial charge in [-0.2, -0.15) is 0 Å². The van der Waals surface area contributed by atoms with Gasteiger partial charge in [0.25, 0.3) is 5.91 Å². The van der Waals surface area contributed by atoms with Crippen LogP contribution in [0.1, 0.15) is 18.5 Å². The molecule has 0 bridgehead atoms. The first-order chi connectivity index (χ1) is 15.3. The van der Waals surface area contributed by atoms with Crippen molar-refractivity contribution in [3.8, 4) is 16.9 Å². The molecule has 1 saturated carbocycles. The van der Waals surface area contributed by atoms with Crippen molar-refractivity contribution in [2.75, 3.05) is 19.5 Å². The Labute approximate surface area is 186 Å². The molecule has 1 aliphatic carbocycles. The normalized spacial score (nSPS) is 14.3. The van der Waals surface area contributed by atoms with Crippen LogP contribution in [0.5, 0.6) is 5.75 Å². The fraction of sp³-hybridized carbons (Fsp3) is 0.261. The number of hydrogen-bond donors (Lipinski definition) is 5. The van der Waals surface area contributed by atoms with Gasteiger partial charge in [0.1, 0.15) is 17.3 Å². The maximum Gasteiger partial charge on any atom is 0.269 e. The minimum absolute atomic E-state index is 0.0153. The first-order valence-electron chi connectivity index (χ1n) is 10.2. The summed E-state index contributed by atoms with van der Waals surface area (Å²) in [6, 6.07) is 9.40. The van der Waals surface area contributed by atoms with Crippen molar-refractivity contribution in [1.29, 1.82) is 0 Å². The number of nitrogens with two attached hydrogens (primary N) is 2. The van der Waals surface area contributed by atoms with E-state index in [9.17, 15) is 9.59 Å². The van der Waals surface area contributed by atoms with E-state index < -0.39 is 5.91 Å². The molecule has 2 amide bonds. The predicted octanol–water partition coefficient (Wildman–Crippen LogP) is 1.72. The third kappa shape index (κ3) is 5.37. The first kappa shape index (κ1) is 22.7. The maximum absolute atomic E-state index is 12.2. The van der Waals surface area contributed by atoms with Gasteiger partial charge < -0.3 is 32.2 Å². The molecule has 0 spiro atoms. The van der Waals surface area contributed by atoms with Crippen LogP contribution in [0.25, 0.3) is 11.1 Å². The van der Waals surface area contributed by atoms with Gasteiger partial charge in [0.2, 0.25) is 5.91 Å². The molecular formula is C23H28N6O3. The van der Waals surface area contributed by atoms with Crippen LogP contribution in [-0.2, 0) is 9.59 Å². The van der Waals surface area contributed by atoms with Crippen LogP contribution in [-0.4, -0.2) is 31.0 Å². The lowest BCUT2D eigenvalue weighted by molar-refractivity contribution is -0.121. The molecule has 3 rings (SSSR count). The molecule has 0 aliphatic heterocycles. The number of amides is 2. The predicted molar refractivity (Wildman–Crippen MR) is 123 cm³/mol. The number of aromatic nitrogens is 1. The Morgan fingerprint density at radius 1 is 1.19 bits per heavy atom. The highest BCUT2D eigenvalue weighted by molar-refractivity contribution is 5.94. The molecule has 168 valence electrons. The molecule has 9 heteroatoms. The standard InChI is InChI=1S/C23H28N6O3/c1-13-7-8-15(12-27-13)16-5-4-6-17(21(16)32-3)28-18(20(25)23(31)26-2)11-19(24)29-22(30)14-9-10-14/h4-8,11-12,14,28H,9-10,24-25H2,1-3H3,(H,26,31)(H,29,30)/b19-11+,20-18+. The molecule has 0 radical (unpaired) electrons. The van der Waals surface area contributed by atoms with Gasteiger partial charge in [-0.25, -0.2) is 0 Å². The summed E-state index contributed by atoms with van der Waals surface area (Å²) in [7, 11) is 3.03. The number of pyridine rings is 1. The third-order valence-corrected chi connectivity index (χ3v) is 4.99. The summed E-state index contributed by atoms with van der Waals surface area (Å²) in [6.07, 6.45) is 4.87. The topological polar surface area (TPSA) is 144 Å². The van der Waals surface area contributed by atoms with E-state index in [2.05, 4.69) is 20.9 Å². The number of benzene rings is 1. The molecule has 1 fully saturated rings. The van der Waals surface area contributed by atoms with Crippen molar-refractivity contribution >= 4 is 17.5 Å². The number of rotatable bonds is 8. The number of para-hydroxylation sites is 1. The third-order valence-electron chi connectivity index (χ3n) is 4.99. The van der Waals surface area contributed by atoms with Crippen molar-refractivity contribution in [2.24, 2.45) is 17.4 Å². The van der Waals surface area contributed by atoms with Crippen LogP contribution in [0.3, 0.4) is 0 Å². The average Bonchev–Trinajstić information content (AvgIpc) is 3.63. The summed E-state index contributed by atoms with van der Waals surface area (Å²) >= 11 is 0. The van der Waals surface area contributed by atoms with E-state index in [0.29, 0.717) is 11.4 Å². The minimum Gasteiger partial charge on any atom is -0.494 e. The van der Waals surface area contributed by atoms with E-state index in [1.807, 2.05) is 31.2 Å². The van der Waals surface area contributed by atoms with E-state index >= 15 is 0 Å². The van der Waals surface area contributed by atoms with E-state index in [4.69, 9.17) is 16.2 Å². The highest BCUT2D eigenvalue weighted by Gasteiger charge is 2.29. The number of likely N-dealkylation sites (N-methyl/N-ethyl adjacent to an activating group) is 1. The molecule has 0 saturated heterocycles. The SMILES string of the molecule is CNC(=O)/C(N)=C(/C=C(\N)NC(=O)C1CC1)Nc1cccc(-c2ccc(C)nc2)c1OC. The number of nitrogens with one attached hydrogen (secondary N) is 3. The van der Waals surface area contributed by atoms with Crippen molar-refractivity contribution in [3.05, 3.63) is 65.5 Å².